The summed E-state index contributed by atoms with van der Waals surface area (Å²) in [4.78, 5) is 9.74. The molecular formula is C11H15BrN2O5S. The Hall–Kier alpha value is -1.03. The molecule has 0 aliphatic carbocycles. The van der Waals surface area contributed by atoms with Crippen molar-refractivity contribution in [3.05, 3.63) is 32.8 Å². The fraction of sp³-hybridized carbons (Fsp3) is 0.455. The Morgan fingerprint density at radius 2 is 2.15 bits per heavy atom. The zero-order valence-corrected chi connectivity index (χ0v) is 13.1. The van der Waals surface area contributed by atoms with E-state index in [1.165, 1.54) is 12.1 Å². The van der Waals surface area contributed by atoms with Crippen molar-refractivity contribution in [1.82, 2.24) is 4.72 Å². The maximum atomic E-state index is 12.1. The van der Waals surface area contributed by atoms with Gasteiger partial charge in [-0.05, 0) is 31.9 Å². The molecule has 1 atom stereocenters. The lowest BCUT2D eigenvalue weighted by atomic mass is 10.2. The Bertz CT molecular complexity index is 588. The van der Waals surface area contributed by atoms with Gasteiger partial charge in [-0.25, -0.2) is 13.1 Å². The van der Waals surface area contributed by atoms with E-state index in [0.29, 0.717) is 17.3 Å². The Labute approximate surface area is 125 Å². The zero-order chi connectivity index (χ0) is 15.3. The van der Waals surface area contributed by atoms with Crippen molar-refractivity contribution in [2.24, 2.45) is 0 Å². The van der Waals surface area contributed by atoms with Gasteiger partial charge in [0, 0.05) is 17.1 Å². The SMILES string of the molecule is CC(O)CCCNS(=O)(=O)c1cc(Br)ccc1[N+](=O)[O-]. The van der Waals surface area contributed by atoms with Crippen molar-refractivity contribution in [1.29, 1.82) is 0 Å². The van der Waals surface area contributed by atoms with Crippen LogP contribution in [0.4, 0.5) is 5.69 Å². The lowest BCUT2D eigenvalue weighted by Crippen LogP contribution is -2.26. The Balaban J connectivity index is 2.92. The molecule has 7 nitrogen and oxygen atoms in total. The fourth-order valence-corrected chi connectivity index (χ4v) is 3.32. The minimum absolute atomic E-state index is 0.108. The number of nitro benzene ring substituents is 1. The summed E-state index contributed by atoms with van der Waals surface area (Å²) < 4.78 is 26.8. The van der Waals surface area contributed by atoms with Crippen molar-refractivity contribution in [3.8, 4) is 0 Å². The van der Waals surface area contributed by atoms with Gasteiger partial charge in [-0.15, -0.1) is 0 Å². The van der Waals surface area contributed by atoms with E-state index in [9.17, 15) is 18.5 Å². The van der Waals surface area contributed by atoms with Gasteiger partial charge in [0.25, 0.3) is 5.69 Å². The molecule has 1 unspecified atom stereocenters. The molecule has 0 aromatic heterocycles. The van der Waals surface area contributed by atoms with Gasteiger partial charge in [-0.3, -0.25) is 10.1 Å². The summed E-state index contributed by atoms with van der Waals surface area (Å²) in [5.74, 6) is 0. The van der Waals surface area contributed by atoms with Gasteiger partial charge in [0.2, 0.25) is 10.0 Å². The molecule has 0 radical (unpaired) electrons. The van der Waals surface area contributed by atoms with E-state index in [4.69, 9.17) is 5.11 Å². The molecule has 0 saturated carbocycles. The minimum Gasteiger partial charge on any atom is -0.393 e. The third kappa shape index (κ3) is 4.82. The highest BCUT2D eigenvalue weighted by Gasteiger charge is 2.25. The monoisotopic (exact) mass is 366 g/mol. The van der Waals surface area contributed by atoms with E-state index in [-0.39, 0.29) is 11.4 Å². The van der Waals surface area contributed by atoms with Crippen LogP contribution < -0.4 is 4.72 Å². The van der Waals surface area contributed by atoms with E-state index >= 15 is 0 Å². The number of aliphatic hydroxyl groups is 1. The molecule has 1 rings (SSSR count). The second-order valence-electron chi connectivity index (χ2n) is 4.26. The molecule has 0 aliphatic heterocycles. The maximum Gasteiger partial charge on any atom is 0.289 e. The summed E-state index contributed by atoms with van der Waals surface area (Å²) in [7, 11) is -3.96. The van der Waals surface area contributed by atoms with Crippen LogP contribution in [0.2, 0.25) is 0 Å². The van der Waals surface area contributed by atoms with Crippen LogP contribution in [0.1, 0.15) is 19.8 Å². The van der Waals surface area contributed by atoms with E-state index in [1.54, 1.807) is 6.92 Å². The number of halogens is 1. The largest absolute Gasteiger partial charge is 0.393 e. The topological polar surface area (TPSA) is 110 Å². The summed E-state index contributed by atoms with van der Waals surface area (Å²) in [6, 6.07) is 3.73. The van der Waals surface area contributed by atoms with Crippen molar-refractivity contribution >= 4 is 31.6 Å². The predicted octanol–water partition coefficient (Wildman–Crippen LogP) is 1.80. The van der Waals surface area contributed by atoms with Gasteiger partial charge in [0.05, 0.1) is 11.0 Å². The number of benzene rings is 1. The number of hydrogen-bond donors (Lipinski definition) is 2. The quantitative estimate of drug-likeness (QED) is 0.434. The number of nitrogens with zero attached hydrogens (tertiary/aromatic N) is 1. The first-order chi connectivity index (χ1) is 9.24. The summed E-state index contributed by atoms with van der Waals surface area (Å²) in [5, 5.41) is 19.9. The van der Waals surface area contributed by atoms with Gasteiger partial charge in [0.1, 0.15) is 0 Å². The number of nitro groups is 1. The molecule has 0 amide bonds. The summed E-state index contributed by atoms with van der Waals surface area (Å²) in [5.41, 5.74) is -0.476. The normalized spacial score (nSPS) is 13.2. The smallest absolute Gasteiger partial charge is 0.289 e. The molecule has 1 aromatic rings. The lowest BCUT2D eigenvalue weighted by molar-refractivity contribution is -0.387. The number of hydrogen-bond acceptors (Lipinski definition) is 5. The minimum atomic E-state index is -3.96. The highest BCUT2D eigenvalue weighted by molar-refractivity contribution is 9.10. The van der Waals surface area contributed by atoms with Crippen LogP contribution >= 0.6 is 15.9 Å². The van der Waals surface area contributed by atoms with Gasteiger partial charge >= 0.3 is 0 Å². The van der Waals surface area contributed by atoms with Crippen LogP contribution in [0.25, 0.3) is 0 Å². The number of rotatable bonds is 7. The predicted molar refractivity (Wildman–Crippen MR) is 76.9 cm³/mol. The molecule has 0 saturated heterocycles. The molecular weight excluding hydrogens is 352 g/mol. The van der Waals surface area contributed by atoms with Crippen LogP contribution in [0.15, 0.2) is 27.6 Å². The van der Waals surface area contributed by atoms with Crippen molar-refractivity contribution in [3.63, 3.8) is 0 Å². The Morgan fingerprint density at radius 3 is 2.70 bits per heavy atom. The summed E-state index contributed by atoms with van der Waals surface area (Å²) >= 11 is 3.09. The fourth-order valence-electron chi connectivity index (χ4n) is 1.54. The number of nitrogens with one attached hydrogen (secondary N) is 1. The van der Waals surface area contributed by atoms with E-state index < -0.39 is 26.7 Å². The van der Waals surface area contributed by atoms with Crippen LogP contribution in [-0.2, 0) is 10.0 Å². The van der Waals surface area contributed by atoms with Crippen molar-refractivity contribution < 1.29 is 18.4 Å². The molecule has 0 spiro atoms. The van der Waals surface area contributed by atoms with Crippen LogP contribution in [0.3, 0.4) is 0 Å². The first-order valence-corrected chi connectivity index (χ1v) is 8.13. The second kappa shape index (κ2) is 7.11. The summed E-state index contributed by atoms with van der Waals surface area (Å²) in [6.07, 6.45) is 0.377. The average Bonchev–Trinajstić information content (AvgIpc) is 2.34. The maximum absolute atomic E-state index is 12.1. The van der Waals surface area contributed by atoms with Crippen LogP contribution in [-0.4, -0.2) is 31.1 Å². The van der Waals surface area contributed by atoms with Gasteiger partial charge in [0.15, 0.2) is 4.90 Å². The first kappa shape index (κ1) is 17.0. The van der Waals surface area contributed by atoms with Gasteiger partial charge < -0.3 is 5.11 Å². The van der Waals surface area contributed by atoms with Crippen molar-refractivity contribution in [2.75, 3.05) is 6.54 Å². The average molecular weight is 367 g/mol. The lowest BCUT2D eigenvalue weighted by Gasteiger charge is -2.08. The zero-order valence-electron chi connectivity index (χ0n) is 10.7. The highest BCUT2D eigenvalue weighted by Crippen LogP contribution is 2.27. The molecule has 112 valence electrons. The number of aliphatic hydroxyl groups excluding tert-OH is 1. The Kier molecular flexibility index (Phi) is 6.06. The molecule has 0 aliphatic rings. The van der Waals surface area contributed by atoms with Gasteiger partial charge in [-0.1, -0.05) is 15.9 Å². The third-order valence-corrected chi connectivity index (χ3v) is 4.48. The standard InChI is InChI=1S/C11H15BrN2O5S/c1-8(15)3-2-6-13-20(18,19)11-7-9(12)4-5-10(11)14(16)17/h4-5,7-8,13,15H,2-3,6H2,1H3. The Morgan fingerprint density at radius 1 is 1.50 bits per heavy atom. The molecule has 20 heavy (non-hydrogen) atoms. The molecule has 2 N–H and O–H groups in total. The van der Waals surface area contributed by atoms with Crippen LogP contribution in [0, 0.1) is 10.1 Å². The summed E-state index contributed by atoms with van der Waals surface area (Å²) in [6.45, 7) is 1.71. The third-order valence-electron chi connectivity index (χ3n) is 2.50. The van der Waals surface area contributed by atoms with E-state index in [2.05, 4.69) is 20.7 Å². The molecule has 0 heterocycles. The van der Waals surface area contributed by atoms with Crippen molar-refractivity contribution in [2.45, 2.75) is 30.8 Å². The number of sulfonamides is 1. The molecule has 1 aromatic carbocycles. The molecule has 0 bridgehead atoms. The van der Waals surface area contributed by atoms with Crippen LogP contribution in [0.5, 0.6) is 0 Å². The highest BCUT2D eigenvalue weighted by atomic mass is 79.9. The molecule has 0 fully saturated rings. The second-order valence-corrected chi connectivity index (χ2v) is 6.91. The van der Waals surface area contributed by atoms with E-state index in [0.717, 1.165) is 6.07 Å². The molecule has 9 heteroatoms. The van der Waals surface area contributed by atoms with E-state index in [1.807, 2.05) is 0 Å². The van der Waals surface area contributed by atoms with Gasteiger partial charge in [-0.2, -0.15) is 0 Å². The first-order valence-electron chi connectivity index (χ1n) is 5.85.